The average Bonchev–Trinajstić information content (AvgIpc) is 2.60. The number of nitrogens with one attached hydrogen (secondary N) is 2. The first-order valence-electron chi connectivity index (χ1n) is 8.34. The smallest absolute Gasteiger partial charge is 0.241 e. The molecule has 1 aromatic carbocycles. The molecule has 0 bridgehead atoms. The Labute approximate surface area is 184 Å². The van der Waals surface area contributed by atoms with E-state index < -0.39 is 15.6 Å². The van der Waals surface area contributed by atoms with Crippen molar-refractivity contribution in [1.29, 1.82) is 0 Å². The topological polar surface area (TPSA) is 126 Å². The number of hydrogen-bond acceptors (Lipinski definition) is 5. The molecule has 0 spiro atoms. The van der Waals surface area contributed by atoms with E-state index in [0.29, 0.717) is 19.0 Å². The van der Waals surface area contributed by atoms with Gasteiger partial charge in [-0.3, -0.25) is 4.79 Å². The molecule has 0 radical (unpaired) electrons. The fourth-order valence-electron chi connectivity index (χ4n) is 1.82. The van der Waals surface area contributed by atoms with Crippen molar-refractivity contribution >= 4 is 45.9 Å². The van der Waals surface area contributed by atoms with Crippen molar-refractivity contribution in [2.75, 3.05) is 34.3 Å². The largest absolute Gasteiger partial charge is 0.377 e. The van der Waals surface area contributed by atoms with Gasteiger partial charge in [0.2, 0.25) is 15.9 Å². The lowest BCUT2D eigenvalue weighted by Crippen LogP contribution is -2.47. The molecule has 1 rings (SSSR count). The predicted molar refractivity (Wildman–Crippen MR) is 120 cm³/mol. The first-order valence-corrected chi connectivity index (χ1v) is 9.88. The molecule has 28 heavy (non-hydrogen) atoms. The number of rotatable bonds is 8. The van der Waals surface area contributed by atoms with E-state index in [1.807, 2.05) is 13.8 Å². The molecule has 0 aliphatic heterocycles. The Morgan fingerprint density at radius 2 is 1.79 bits per heavy atom. The minimum absolute atomic E-state index is 0. The van der Waals surface area contributed by atoms with Gasteiger partial charge in [0, 0.05) is 27.7 Å². The number of nitrogens with zero attached hydrogens (tertiary/aromatic N) is 2. The number of amides is 1. The number of likely N-dealkylation sites (N-methyl/N-ethyl adjacent to an activating group) is 1. The Hall–Kier alpha value is -1.44. The Kier molecular flexibility index (Phi) is 10.9. The van der Waals surface area contributed by atoms with Crippen LogP contribution >= 0.6 is 24.0 Å². The lowest BCUT2D eigenvalue weighted by molar-refractivity contribution is -0.127. The van der Waals surface area contributed by atoms with Crippen molar-refractivity contribution in [1.82, 2.24) is 15.5 Å². The molecular weight excluding hydrogens is 497 g/mol. The zero-order chi connectivity index (χ0) is 20.7. The zero-order valence-corrected chi connectivity index (χ0v) is 20.0. The lowest BCUT2D eigenvalue weighted by atomic mass is 10.1. The second-order valence-corrected chi connectivity index (χ2v) is 8.37. The second-order valence-electron chi connectivity index (χ2n) is 6.81. The number of hydrogen-bond donors (Lipinski definition) is 3. The van der Waals surface area contributed by atoms with Gasteiger partial charge in [0.05, 0.1) is 23.6 Å². The molecule has 160 valence electrons. The number of guanidine groups is 1. The van der Waals surface area contributed by atoms with Crippen LogP contribution in [0.25, 0.3) is 0 Å². The Morgan fingerprint density at radius 3 is 2.25 bits per heavy atom. The Balaban J connectivity index is 0.00000729. The van der Waals surface area contributed by atoms with E-state index >= 15 is 0 Å². The maximum Gasteiger partial charge on any atom is 0.241 e. The fraction of sp³-hybridized carbons (Fsp3) is 0.529. The van der Waals surface area contributed by atoms with Crippen molar-refractivity contribution in [3.8, 4) is 0 Å². The number of carbonyl (C=O) groups excluding carboxylic acids is 1. The first kappa shape index (κ1) is 26.6. The van der Waals surface area contributed by atoms with Crippen LogP contribution in [-0.4, -0.2) is 65.1 Å². The fourth-order valence-corrected chi connectivity index (χ4v) is 2.33. The minimum atomic E-state index is -3.72. The summed E-state index contributed by atoms with van der Waals surface area (Å²) in [6.07, 6.45) is 0. The van der Waals surface area contributed by atoms with Gasteiger partial charge in [0.15, 0.2) is 5.96 Å². The number of halogens is 1. The van der Waals surface area contributed by atoms with Crippen LogP contribution in [-0.2, 0) is 26.1 Å². The summed E-state index contributed by atoms with van der Waals surface area (Å²) in [5.74, 6) is 0.360. The average molecular weight is 527 g/mol. The second kappa shape index (κ2) is 11.5. The van der Waals surface area contributed by atoms with E-state index in [2.05, 4.69) is 15.6 Å². The standard InChI is InChI=1S/C17H29N5O4S.HI/c1-17(2,26-5)12-21-16(20-11-15(23)22(3)4)19-10-13-6-8-14(9-7-13)27(18,24)25;/h6-9H,10-12H2,1-5H3,(H2,18,24,25)(H2,19,20,21);1H. The van der Waals surface area contributed by atoms with Crippen molar-refractivity contribution in [3.05, 3.63) is 29.8 Å². The van der Waals surface area contributed by atoms with Crippen molar-refractivity contribution in [2.24, 2.45) is 10.1 Å². The molecule has 0 heterocycles. The summed E-state index contributed by atoms with van der Waals surface area (Å²) in [5.41, 5.74) is 0.388. The molecule has 0 fully saturated rings. The molecule has 4 N–H and O–H groups in total. The third-order valence-corrected chi connectivity index (χ3v) is 4.74. The van der Waals surface area contributed by atoms with Gasteiger partial charge in [-0.1, -0.05) is 12.1 Å². The Morgan fingerprint density at radius 1 is 1.21 bits per heavy atom. The van der Waals surface area contributed by atoms with Gasteiger partial charge in [-0.25, -0.2) is 18.5 Å². The van der Waals surface area contributed by atoms with Gasteiger partial charge < -0.3 is 20.3 Å². The third-order valence-electron chi connectivity index (χ3n) is 3.81. The summed E-state index contributed by atoms with van der Waals surface area (Å²) in [5, 5.41) is 11.2. The van der Waals surface area contributed by atoms with Crippen LogP contribution < -0.4 is 15.8 Å². The van der Waals surface area contributed by atoms with E-state index in [9.17, 15) is 13.2 Å². The van der Waals surface area contributed by atoms with Crippen LogP contribution in [0.5, 0.6) is 0 Å². The van der Waals surface area contributed by atoms with Crippen LogP contribution in [0.1, 0.15) is 19.4 Å². The first-order chi connectivity index (χ1) is 12.4. The molecule has 0 aliphatic rings. The molecule has 0 saturated carbocycles. The number of benzene rings is 1. The number of nitrogens with two attached hydrogens (primary N) is 1. The van der Waals surface area contributed by atoms with Crippen molar-refractivity contribution < 1.29 is 17.9 Å². The molecule has 1 amide bonds. The number of ether oxygens (including phenoxy) is 1. The molecule has 9 nitrogen and oxygen atoms in total. The van der Waals surface area contributed by atoms with E-state index in [1.165, 1.54) is 17.0 Å². The molecule has 1 aromatic rings. The third kappa shape index (κ3) is 9.66. The van der Waals surface area contributed by atoms with Crippen LogP contribution in [0.3, 0.4) is 0 Å². The maximum absolute atomic E-state index is 11.8. The van der Waals surface area contributed by atoms with E-state index in [4.69, 9.17) is 9.88 Å². The number of carbonyl (C=O) groups is 1. The summed E-state index contributed by atoms with van der Waals surface area (Å²) in [6.45, 7) is 4.72. The van der Waals surface area contributed by atoms with Crippen LogP contribution in [0.4, 0.5) is 0 Å². The summed E-state index contributed by atoms with van der Waals surface area (Å²) < 4.78 is 28.0. The van der Waals surface area contributed by atoms with Gasteiger partial charge in [0.25, 0.3) is 0 Å². The van der Waals surface area contributed by atoms with Gasteiger partial charge in [-0.05, 0) is 31.5 Å². The summed E-state index contributed by atoms with van der Waals surface area (Å²) in [7, 11) is 1.25. The molecule has 0 aromatic heterocycles. The normalized spacial score (nSPS) is 12.1. The van der Waals surface area contributed by atoms with Gasteiger partial charge >= 0.3 is 0 Å². The Bertz CT molecular complexity index is 764. The highest BCUT2D eigenvalue weighted by atomic mass is 127. The molecule has 0 atom stereocenters. The minimum Gasteiger partial charge on any atom is -0.377 e. The summed E-state index contributed by atoms with van der Waals surface area (Å²) >= 11 is 0. The van der Waals surface area contributed by atoms with Crippen molar-refractivity contribution in [2.45, 2.75) is 30.9 Å². The van der Waals surface area contributed by atoms with Crippen LogP contribution in [0.2, 0.25) is 0 Å². The monoisotopic (exact) mass is 527 g/mol. The van der Waals surface area contributed by atoms with Crippen LogP contribution in [0, 0.1) is 0 Å². The van der Waals surface area contributed by atoms with Gasteiger partial charge in [-0.2, -0.15) is 0 Å². The van der Waals surface area contributed by atoms with E-state index in [1.54, 1.807) is 33.3 Å². The number of primary sulfonamides is 1. The van der Waals surface area contributed by atoms with E-state index in [-0.39, 0.29) is 41.3 Å². The quantitative estimate of drug-likeness (QED) is 0.257. The van der Waals surface area contributed by atoms with Crippen molar-refractivity contribution in [3.63, 3.8) is 0 Å². The molecule has 11 heteroatoms. The summed E-state index contributed by atoms with van der Waals surface area (Å²) in [4.78, 5) is 17.8. The van der Waals surface area contributed by atoms with Gasteiger partial charge in [-0.15, -0.1) is 24.0 Å². The highest BCUT2D eigenvalue weighted by Crippen LogP contribution is 2.09. The molecule has 0 unspecified atom stereocenters. The molecule has 0 aliphatic carbocycles. The zero-order valence-electron chi connectivity index (χ0n) is 16.9. The lowest BCUT2D eigenvalue weighted by Gasteiger charge is -2.24. The number of sulfonamides is 1. The van der Waals surface area contributed by atoms with Crippen LogP contribution in [0.15, 0.2) is 34.2 Å². The predicted octanol–water partition coefficient (Wildman–Crippen LogP) is 0.500. The molecular formula is C17H30IN5O4S. The maximum atomic E-state index is 11.8. The highest BCUT2D eigenvalue weighted by Gasteiger charge is 2.17. The number of methoxy groups -OCH3 is 1. The number of aliphatic imine (C=N–C) groups is 1. The van der Waals surface area contributed by atoms with E-state index in [0.717, 1.165) is 5.56 Å². The summed E-state index contributed by atoms with van der Waals surface area (Å²) in [6, 6.07) is 6.16. The van der Waals surface area contributed by atoms with Gasteiger partial charge in [0.1, 0.15) is 0 Å². The SMILES string of the molecule is COC(C)(C)CNC(=NCc1ccc(S(N)(=O)=O)cc1)NCC(=O)N(C)C.I. The molecule has 0 saturated heterocycles. The highest BCUT2D eigenvalue weighted by molar-refractivity contribution is 14.0.